The number of aryl methyl sites for hydroxylation is 2. The number of hydrogen-bond acceptors (Lipinski definition) is 4. The van der Waals surface area contributed by atoms with Gasteiger partial charge in [-0.25, -0.2) is 0 Å². The molecule has 2 aromatic rings. The summed E-state index contributed by atoms with van der Waals surface area (Å²) < 4.78 is 0. The number of fused-ring (bicyclic) bond motifs is 1. The summed E-state index contributed by atoms with van der Waals surface area (Å²) >= 11 is 3.23. The summed E-state index contributed by atoms with van der Waals surface area (Å²) in [6.45, 7) is 0.920. The van der Waals surface area contributed by atoms with Gasteiger partial charge in [-0.05, 0) is 43.0 Å². The minimum absolute atomic E-state index is 0.0254. The average molecular weight is 316 g/mol. The molecule has 0 unspecified atom stereocenters. The maximum absolute atomic E-state index is 12.2. The first kappa shape index (κ1) is 14.3. The van der Waals surface area contributed by atoms with Gasteiger partial charge in [-0.1, -0.05) is 11.8 Å². The molecule has 0 aliphatic heterocycles. The SMILES string of the molecule is NCC#Cc1ccc(CNC(=O)c2cc3c(s2)CCC3)s1. The van der Waals surface area contributed by atoms with Gasteiger partial charge in [0.1, 0.15) is 0 Å². The number of nitrogens with two attached hydrogens (primary N) is 1. The van der Waals surface area contributed by atoms with Crippen molar-refractivity contribution in [3.63, 3.8) is 0 Å². The lowest BCUT2D eigenvalue weighted by atomic mass is 10.2. The Morgan fingerprint density at radius 3 is 3.05 bits per heavy atom. The summed E-state index contributed by atoms with van der Waals surface area (Å²) in [5, 5.41) is 2.98. The number of carbonyl (C=O) groups excluding carboxylic acids is 1. The topological polar surface area (TPSA) is 55.1 Å². The minimum Gasteiger partial charge on any atom is -0.346 e. The zero-order chi connectivity index (χ0) is 14.7. The molecular weight excluding hydrogens is 300 g/mol. The molecule has 1 aliphatic carbocycles. The monoisotopic (exact) mass is 316 g/mol. The lowest BCUT2D eigenvalue weighted by molar-refractivity contribution is 0.0955. The molecule has 2 aromatic heterocycles. The van der Waals surface area contributed by atoms with E-state index in [1.54, 1.807) is 22.7 Å². The Bertz CT molecular complexity index is 697. The Morgan fingerprint density at radius 1 is 1.33 bits per heavy atom. The van der Waals surface area contributed by atoms with Crippen molar-refractivity contribution in [3.05, 3.63) is 43.3 Å². The van der Waals surface area contributed by atoms with Crippen molar-refractivity contribution in [2.45, 2.75) is 25.8 Å². The molecule has 0 radical (unpaired) electrons. The molecule has 5 heteroatoms. The number of nitrogens with one attached hydrogen (secondary N) is 1. The first-order valence-electron chi connectivity index (χ1n) is 6.93. The molecule has 108 valence electrons. The summed E-state index contributed by atoms with van der Waals surface area (Å²) in [5.41, 5.74) is 6.71. The van der Waals surface area contributed by atoms with Crippen LogP contribution in [-0.2, 0) is 19.4 Å². The molecule has 3 rings (SSSR count). The van der Waals surface area contributed by atoms with E-state index in [4.69, 9.17) is 5.73 Å². The van der Waals surface area contributed by atoms with Crippen LogP contribution >= 0.6 is 22.7 Å². The first-order valence-corrected chi connectivity index (χ1v) is 8.57. The summed E-state index contributed by atoms with van der Waals surface area (Å²) in [6.07, 6.45) is 3.47. The minimum atomic E-state index is 0.0254. The van der Waals surface area contributed by atoms with Crippen molar-refractivity contribution in [2.24, 2.45) is 5.73 Å². The Labute approximate surface area is 132 Å². The summed E-state index contributed by atoms with van der Waals surface area (Å²) in [7, 11) is 0. The summed E-state index contributed by atoms with van der Waals surface area (Å²) in [5.74, 6) is 5.86. The highest BCUT2D eigenvalue weighted by molar-refractivity contribution is 7.14. The molecule has 0 atom stereocenters. The second-order valence-corrected chi connectivity index (χ2v) is 7.17. The van der Waals surface area contributed by atoms with Gasteiger partial charge >= 0.3 is 0 Å². The summed E-state index contributed by atoms with van der Waals surface area (Å²) in [6, 6.07) is 6.02. The van der Waals surface area contributed by atoms with E-state index in [0.29, 0.717) is 13.1 Å². The number of rotatable bonds is 3. The highest BCUT2D eigenvalue weighted by atomic mass is 32.1. The van der Waals surface area contributed by atoms with Gasteiger partial charge in [0.05, 0.1) is 22.8 Å². The molecule has 0 fully saturated rings. The Morgan fingerprint density at radius 2 is 2.24 bits per heavy atom. The first-order chi connectivity index (χ1) is 10.3. The van der Waals surface area contributed by atoms with Crippen LogP contribution < -0.4 is 11.1 Å². The van der Waals surface area contributed by atoms with E-state index in [2.05, 4.69) is 23.2 Å². The molecule has 1 amide bonds. The van der Waals surface area contributed by atoms with Gasteiger partial charge in [0.2, 0.25) is 0 Å². The molecule has 3 nitrogen and oxygen atoms in total. The fraction of sp³-hybridized carbons (Fsp3) is 0.312. The molecule has 1 aliphatic rings. The zero-order valence-electron chi connectivity index (χ0n) is 11.6. The predicted octanol–water partition coefficient (Wildman–Crippen LogP) is 2.54. The van der Waals surface area contributed by atoms with Crippen molar-refractivity contribution in [3.8, 4) is 11.8 Å². The third kappa shape index (κ3) is 3.35. The Hall–Kier alpha value is -1.61. The molecule has 0 saturated carbocycles. The van der Waals surface area contributed by atoms with E-state index >= 15 is 0 Å². The molecule has 2 heterocycles. The van der Waals surface area contributed by atoms with Crippen LogP contribution in [0.15, 0.2) is 18.2 Å². The van der Waals surface area contributed by atoms with Gasteiger partial charge in [0, 0.05) is 9.75 Å². The van der Waals surface area contributed by atoms with E-state index in [1.165, 1.54) is 16.9 Å². The van der Waals surface area contributed by atoms with Gasteiger partial charge in [0.15, 0.2) is 0 Å². The third-order valence-electron chi connectivity index (χ3n) is 3.37. The molecule has 0 saturated heterocycles. The zero-order valence-corrected chi connectivity index (χ0v) is 13.2. The molecular formula is C16H16N2OS2. The van der Waals surface area contributed by atoms with Gasteiger partial charge in [0.25, 0.3) is 5.91 Å². The quantitative estimate of drug-likeness (QED) is 0.855. The van der Waals surface area contributed by atoms with Crippen LogP contribution in [0.3, 0.4) is 0 Å². The molecule has 0 bridgehead atoms. The second-order valence-electron chi connectivity index (χ2n) is 4.87. The van der Waals surface area contributed by atoms with Crippen molar-refractivity contribution in [2.75, 3.05) is 6.54 Å². The molecule has 0 aromatic carbocycles. The number of thiophene rings is 2. The van der Waals surface area contributed by atoms with E-state index in [1.807, 2.05) is 12.1 Å². The fourth-order valence-corrected chi connectivity index (χ4v) is 4.37. The van der Waals surface area contributed by atoms with Crippen LogP contribution in [0.25, 0.3) is 0 Å². The van der Waals surface area contributed by atoms with Gasteiger partial charge in [-0.2, -0.15) is 0 Å². The van der Waals surface area contributed by atoms with Crippen LogP contribution in [0.1, 0.15) is 36.3 Å². The fourth-order valence-electron chi connectivity index (χ4n) is 2.37. The molecule has 0 spiro atoms. The largest absolute Gasteiger partial charge is 0.346 e. The van der Waals surface area contributed by atoms with E-state index in [-0.39, 0.29) is 5.91 Å². The maximum Gasteiger partial charge on any atom is 0.261 e. The smallest absolute Gasteiger partial charge is 0.261 e. The van der Waals surface area contributed by atoms with Crippen LogP contribution in [0.2, 0.25) is 0 Å². The standard InChI is InChI=1S/C16H16N2OS2/c17-8-2-4-12-6-7-13(20-12)10-18-16(19)15-9-11-3-1-5-14(11)21-15/h6-7,9H,1,3,5,8,10,17H2,(H,18,19). The molecule has 21 heavy (non-hydrogen) atoms. The van der Waals surface area contributed by atoms with Crippen LogP contribution in [0.5, 0.6) is 0 Å². The van der Waals surface area contributed by atoms with Gasteiger partial charge in [-0.3, -0.25) is 4.79 Å². The van der Waals surface area contributed by atoms with Crippen molar-refractivity contribution in [1.82, 2.24) is 5.32 Å². The van der Waals surface area contributed by atoms with Gasteiger partial charge < -0.3 is 11.1 Å². The normalized spacial score (nSPS) is 12.6. The van der Waals surface area contributed by atoms with Crippen LogP contribution in [0, 0.1) is 11.8 Å². The lowest BCUT2D eigenvalue weighted by Crippen LogP contribution is -2.21. The Balaban J connectivity index is 1.59. The van der Waals surface area contributed by atoms with E-state index in [0.717, 1.165) is 27.5 Å². The maximum atomic E-state index is 12.2. The summed E-state index contributed by atoms with van der Waals surface area (Å²) in [4.78, 5) is 16.5. The highest BCUT2D eigenvalue weighted by Crippen LogP contribution is 2.30. The number of amides is 1. The van der Waals surface area contributed by atoms with E-state index < -0.39 is 0 Å². The van der Waals surface area contributed by atoms with E-state index in [9.17, 15) is 4.79 Å². The van der Waals surface area contributed by atoms with Crippen LogP contribution in [0.4, 0.5) is 0 Å². The highest BCUT2D eigenvalue weighted by Gasteiger charge is 2.18. The van der Waals surface area contributed by atoms with Crippen molar-refractivity contribution < 1.29 is 4.79 Å². The van der Waals surface area contributed by atoms with Gasteiger partial charge in [-0.15, -0.1) is 22.7 Å². The third-order valence-corrected chi connectivity index (χ3v) is 5.61. The molecule has 3 N–H and O–H groups in total. The Kier molecular flexibility index (Phi) is 4.39. The number of carbonyl (C=O) groups is 1. The average Bonchev–Trinajstić information content (AvgIpc) is 3.17. The second kappa shape index (κ2) is 6.44. The van der Waals surface area contributed by atoms with Crippen molar-refractivity contribution in [1.29, 1.82) is 0 Å². The predicted molar refractivity (Wildman–Crippen MR) is 87.8 cm³/mol. The van der Waals surface area contributed by atoms with Crippen LogP contribution in [-0.4, -0.2) is 12.5 Å². The lowest BCUT2D eigenvalue weighted by Gasteiger charge is -2.01. The van der Waals surface area contributed by atoms with Crippen molar-refractivity contribution >= 4 is 28.6 Å². The number of hydrogen-bond donors (Lipinski definition) is 2.